The van der Waals surface area contributed by atoms with Gasteiger partial charge < -0.3 is 4.74 Å². The van der Waals surface area contributed by atoms with Gasteiger partial charge in [0.2, 0.25) is 0 Å². The van der Waals surface area contributed by atoms with Crippen molar-refractivity contribution in [2.24, 2.45) is 13.0 Å². The van der Waals surface area contributed by atoms with E-state index >= 15 is 0 Å². The van der Waals surface area contributed by atoms with Gasteiger partial charge in [-0.1, -0.05) is 6.07 Å². The number of aromatic nitrogens is 6. The van der Waals surface area contributed by atoms with Crippen molar-refractivity contribution < 1.29 is 4.74 Å². The molecule has 4 aromatic heterocycles. The molecule has 0 atom stereocenters. The summed E-state index contributed by atoms with van der Waals surface area (Å²) in [7, 11) is 1.77. The Kier molecular flexibility index (Phi) is 3.78. The second-order valence-corrected chi connectivity index (χ2v) is 7.00. The minimum absolute atomic E-state index is 0.0530. The zero-order valence-electron chi connectivity index (χ0n) is 15.1. The number of hydrogen-bond acceptors (Lipinski definition) is 5. The van der Waals surface area contributed by atoms with E-state index in [1.807, 2.05) is 24.4 Å². The Balaban J connectivity index is 1.64. The number of nitrogens with zero attached hydrogens (tertiary/aromatic N) is 6. The lowest BCUT2D eigenvalue weighted by atomic mass is 10.0. The van der Waals surface area contributed by atoms with Crippen LogP contribution in [0, 0.1) is 5.92 Å². The molecule has 0 radical (unpaired) electrons. The maximum Gasteiger partial charge on any atom is 0.330 e. The fourth-order valence-electron chi connectivity index (χ4n) is 3.76. The zero-order valence-corrected chi connectivity index (χ0v) is 15.1. The molecule has 0 bridgehead atoms. The topological polar surface area (TPSA) is 79.2 Å². The lowest BCUT2D eigenvalue weighted by Crippen LogP contribution is -2.28. The Hall–Kier alpha value is -3.00. The Morgan fingerprint density at radius 1 is 1.19 bits per heavy atom. The molecule has 0 N–H and O–H groups in total. The molecule has 138 valence electrons. The summed E-state index contributed by atoms with van der Waals surface area (Å²) in [5, 5.41) is 4.36. The summed E-state index contributed by atoms with van der Waals surface area (Å²) in [6.07, 6.45) is 7.32. The molecule has 27 heavy (non-hydrogen) atoms. The van der Waals surface area contributed by atoms with Gasteiger partial charge in [0.1, 0.15) is 5.52 Å². The van der Waals surface area contributed by atoms with Gasteiger partial charge >= 0.3 is 5.69 Å². The fraction of sp³-hybridized carbons (Fsp3) is 0.368. The molecule has 0 spiro atoms. The molecule has 4 aromatic rings. The molecule has 0 amide bonds. The third kappa shape index (κ3) is 2.64. The van der Waals surface area contributed by atoms with Gasteiger partial charge in [-0.2, -0.15) is 5.10 Å². The first-order chi connectivity index (χ1) is 13.2. The predicted octanol–water partition coefficient (Wildman–Crippen LogP) is 1.87. The van der Waals surface area contributed by atoms with Gasteiger partial charge in [-0.3, -0.25) is 9.13 Å². The van der Waals surface area contributed by atoms with Crippen molar-refractivity contribution in [2.75, 3.05) is 13.2 Å². The molecular formula is C19H20N6O2. The number of aryl methyl sites for hydroxylation is 1. The highest BCUT2D eigenvalue weighted by Gasteiger charge is 2.20. The maximum atomic E-state index is 12.8. The average molecular weight is 364 g/mol. The van der Waals surface area contributed by atoms with Gasteiger partial charge in [-0.05, 0) is 30.9 Å². The van der Waals surface area contributed by atoms with E-state index < -0.39 is 0 Å². The Morgan fingerprint density at radius 3 is 2.89 bits per heavy atom. The van der Waals surface area contributed by atoms with E-state index in [-0.39, 0.29) is 5.69 Å². The van der Waals surface area contributed by atoms with Gasteiger partial charge in [0, 0.05) is 33.0 Å². The van der Waals surface area contributed by atoms with Crippen LogP contribution in [0.2, 0.25) is 0 Å². The highest BCUT2D eigenvalue weighted by molar-refractivity contribution is 5.79. The molecule has 1 saturated heterocycles. The summed E-state index contributed by atoms with van der Waals surface area (Å²) in [5.74, 6) is 1.01. The van der Waals surface area contributed by atoms with Gasteiger partial charge in [-0.15, -0.1) is 0 Å². The van der Waals surface area contributed by atoms with Crippen LogP contribution < -0.4 is 5.69 Å². The highest BCUT2D eigenvalue weighted by Crippen LogP contribution is 2.23. The van der Waals surface area contributed by atoms with E-state index in [1.165, 1.54) is 0 Å². The summed E-state index contributed by atoms with van der Waals surface area (Å²) in [6.45, 7) is 2.17. The third-order valence-corrected chi connectivity index (χ3v) is 5.33. The van der Waals surface area contributed by atoms with Crippen molar-refractivity contribution in [3.63, 3.8) is 0 Å². The van der Waals surface area contributed by atoms with Gasteiger partial charge in [0.05, 0.1) is 23.5 Å². The maximum absolute atomic E-state index is 12.8. The summed E-state index contributed by atoms with van der Waals surface area (Å²) in [6, 6.07) is 5.87. The van der Waals surface area contributed by atoms with Crippen molar-refractivity contribution in [3.8, 4) is 11.4 Å². The molecular weight excluding hydrogens is 344 g/mol. The van der Waals surface area contributed by atoms with Crippen molar-refractivity contribution >= 4 is 16.7 Å². The van der Waals surface area contributed by atoms with Crippen LogP contribution in [-0.4, -0.2) is 41.9 Å². The number of hydrogen-bond donors (Lipinski definition) is 0. The van der Waals surface area contributed by atoms with Crippen LogP contribution in [0.1, 0.15) is 12.8 Å². The number of pyridine rings is 1. The quantitative estimate of drug-likeness (QED) is 0.554. The van der Waals surface area contributed by atoms with Crippen molar-refractivity contribution in [3.05, 3.63) is 47.3 Å². The number of ether oxygens (including phenoxy) is 1. The molecule has 8 nitrogen and oxygen atoms in total. The van der Waals surface area contributed by atoms with E-state index in [2.05, 4.69) is 10.1 Å². The summed E-state index contributed by atoms with van der Waals surface area (Å²) in [4.78, 5) is 22.0. The molecule has 5 heterocycles. The van der Waals surface area contributed by atoms with Crippen LogP contribution in [-0.2, 0) is 18.3 Å². The van der Waals surface area contributed by atoms with Crippen LogP contribution in [0.25, 0.3) is 28.1 Å². The highest BCUT2D eigenvalue weighted by atomic mass is 16.5. The molecule has 0 saturated carbocycles. The van der Waals surface area contributed by atoms with E-state index in [0.717, 1.165) is 42.7 Å². The lowest BCUT2D eigenvalue weighted by Gasteiger charge is -2.22. The van der Waals surface area contributed by atoms with Crippen molar-refractivity contribution in [2.45, 2.75) is 19.4 Å². The van der Waals surface area contributed by atoms with E-state index in [9.17, 15) is 4.79 Å². The smallest absolute Gasteiger partial charge is 0.330 e. The molecule has 0 aromatic carbocycles. The second-order valence-electron chi connectivity index (χ2n) is 7.00. The minimum Gasteiger partial charge on any atom is -0.381 e. The normalized spacial score (nSPS) is 15.7. The molecule has 8 heteroatoms. The van der Waals surface area contributed by atoms with Crippen LogP contribution in [0.15, 0.2) is 41.6 Å². The monoisotopic (exact) mass is 364 g/mol. The number of imidazole rings is 1. The largest absolute Gasteiger partial charge is 0.381 e. The first-order valence-corrected chi connectivity index (χ1v) is 9.15. The average Bonchev–Trinajstić information content (AvgIpc) is 3.24. The van der Waals surface area contributed by atoms with Crippen LogP contribution in [0.3, 0.4) is 0 Å². The third-order valence-electron chi connectivity index (χ3n) is 5.33. The van der Waals surface area contributed by atoms with Crippen molar-refractivity contribution in [1.82, 2.24) is 28.7 Å². The lowest BCUT2D eigenvalue weighted by molar-refractivity contribution is 0.0612. The number of fused-ring (bicyclic) bond motifs is 2. The van der Waals surface area contributed by atoms with Crippen LogP contribution >= 0.6 is 0 Å². The van der Waals surface area contributed by atoms with Crippen molar-refractivity contribution in [1.29, 1.82) is 0 Å². The standard InChI is InChI=1S/C19H20N6O2/c1-23-16-11-20-17(14-10-21-25-7-3-2-4-15(14)25)22-18(16)24(19(23)26)12-13-5-8-27-9-6-13/h2-4,7,10-11,13H,5-6,8-9,12H2,1H3. The zero-order chi connectivity index (χ0) is 18.4. The number of rotatable bonds is 3. The second kappa shape index (κ2) is 6.31. The van der Waals surface area contributed by atoms with Crippen LogP contribution in [0.5, 0.6) is 0 Å². The molecule has 0 unspecified atom stereocenters. The summed E-state index contributed by atoms with van der Waals surface area (Å²) >= 11 is 0. The summed E-state index contributed by atoms with van der Waals surface area (Å²) in [5.41, 5.74) is 3.15. The molecule has 0 aliphatic carbocycles. The SMILES string of the molecule is Cn1c(=O)n(CC2CCOCC2)c2nc(-c3cnn4ccccc34)ncc21. The van der Waals surface area contributed by atoms with Gasteiger partial charge in [0.15, 0.2) is 11.5 Å². The van der Waals surface area contributed by atoms with E-state index in [4.69, 9.17) is 9.72 Å². The Morgan fingerprint density at radius 2 is 2.04 bits per heavy atom. The van der Waals surface area contributed by atoms with Gasteiger partial charge in [-0.25, -0.2) is 19.3 Å². The molecule has 1 aliphatic heterocycles. The fourth-order valence-corrected chi connectivity index (χ4v) is 3.76. The van der Waals surface area contributed by atoms with Crippen LogP contribution in [0.4, 0.5) is 0 Å². The van der Waals surface area contributed by atoms with E-state index in [1.54, 1.807) is 33.1 Å². The molecule has 1 fully saturated rings. The minimum atomic E-state index is -0.0530. The summed E-state index contributed by atoms with van der Waals surface area (Å²) < 4.78 is 10.6. The first kappa shape index (κ1) is 16.2. The van der Waals surface area contributed by atoms with Gasteiger partial charge in [0.25, 0.3) is 0 Å². The first-order valence-electron chi connectivity index (χ1n) is 9.15. The Labute approximate surface area is 155 Å². The van der Waals surface area contributed by atoms with E-state index in [0.29, 0.717) is 23.9 Å². The predicted molar refractivity (Wildman–Crippen MR) is 100 cm³/mol. The Bertz CT molecular complexity index is 1180. The molecule has 5 rings (SSSR count). The molecule has 1 aliphatic rings.